The van der Waals surface area contributed by atoms with Crippen molar-refractivity contribution in [2.75, 3.05) is 13.7 Å². The third-order valence-electron chi connectivity index (χ3n) is 4.80. The van der Waals surface area contributed by atoms with Crippen LogP contribution in [0.1, 0.15) is 63.0 Å². The Hall–Kier alpha value is -1.22. The van der Waals surface area contributed by atoms with Crippen molar-refractivity contribution in [2.45, 2.75) is 63.5 Å². The molecule has 0 amide bonds. The van der Waals surface area contributed by atoms with Crippen LogP contribution in [0.4, 0.5) is 0 Å². The second-order valence-electron chi connectivity index (χ2n) is 6.30. The van der Waals surface area contributed by atoms with E-state index in [0.717, 1.165) is 24.5 Å². The van der Waals surface area contributed by atoms with Crippen molar-refractivity contribution in [3.63, 3.8) is 0 Å². The molecule has 1 unspecified atom stereocenters. The van der Waals surface area contributed by atoms with Crippen LogP contribution in [0, 0.1) is 0 Å². The van der Waals surface area contributed by atoms with Gasteiger partial charge in [-0.05, 0) is 31.0 Å². The summed E-state index contributed by atoms with van der Waals surface area (Å²) < 4.78 is 11.2. The van der Waals surface area contributed by atoms with E-state index in [2.05, 4.69) is 11.4 Å². The molecule has 3 heteroatoms. The molecular formula is C18H27NO2. The summed E-state index contributed by atoms with van der Waals surface area (Å²) in [4.78, 5) is 0. The summed E-state index contributed by atoms with van der Waals surface area (Å²) in [6.45, 7) is 0.809. The molecule has 1 aliphatic carbocycles. The van der Waals surface area contributed by atoms with Crippen LogP contribution in [0.3, 0.4) is 0 Å². The molecule has 0 spiro atoms. The highest BCUT2D eigenvalue weighted by molar-refractivity contribution is 5.43. The standard InChI is InChI=1S/C18H27NO2/c1-20-15-9-10-18-16(13-15)17(11-12-21-18)19-14-7-5-3-2-4-6-8-14/h9-10,13-14,17,19H,2-8,11-12H2,1H3. The summed E-state index contributed by atoms with van der Waals surface area (Å²) in [6, 6.07) is 7.23. The Kier molecular flexibility index (Phi) is 5.02. The average molecular weight is 289 g/mol. The van der Waals surface area contributed by atoms with Crippen molar-refractivity contribution in [3.05, 3.63) is 23.8 Å². The molecule has 3 rings (SSSR count). The summed E-state index contributed by atoms with van der Waals surface area (Å²) in [5.41, 5.74) is 1.27. The molecule has 1 aromatic rings. The van der Waals surface area contributed by atoms with E-state index in [1.54, 1.807) is 7.11 Å². The third kappa shape index (κ3) is 3.70. The number of methoxy groups -OCH3 is 1. The van der Waals surface area contributed by atoms with Gasteiger partial charge in [-0.1, -0.05) is 32.1 Å². The Morgan fingerprint density at radius 3 is 2.57 bits per heavy atom. The van der Waals surface area contributed by atoms with Gasteiger partial charge in [0, 0.05) is 24.1 Å². The van der Waals surface area contributed by atoms with Gasteiger partial charge in [0.1, 0.15) is 11.5 Å². The van der Waals surface area contributed by atoms with E-state index in [9.17, 15) is 0 Å². The molecule has 0 aromatic heterocycles. The monoisotopic (exact) mass is 289 g/mol. The van der Waals surface area contributed by atoms with Gasteiger partial charge in [0.15, 0.2) is 0 Å². The smallest absolute Gasteiger partial charge is 0.124 e. The number of benzene rings is 1. The molecule has 0 bridgehead atoms. The van der Waals surface area contributed by atoms with Crippen LogP contribution in [0.25, 0.3) is 0 Å². The normalized spacial score (nSPS) is 23.6. The van der Waals surface area contributed by atoms with Gasteiger partial charge in [-0.15, -0.1) is 0 Å². The topological polar surface area (TPSA) is 30.5 Å². The Bertz CT molecular complexity index is 453. The number of rotatable bonds is 3. The Morgan fingerprint density at radius 1 is 1.05 bits per heavy atom. The van der Waals surface area contributed by atoms with E-state index in [1.165, 1.54) is 50.5 Å². The molecule has 1 aromatic carbocycles. The maximum Gasteiger partial charge on any atom is 0.124 e. The first-order chi connectivity index (χ1) is 10.4. The predicted molar refractivity (Wildman–Crippen MR) is 85.1 cm³/mol. The zero-order chi connectivity index (χ0) is 14.5. The summed E-state index contributed by atoms with van der Waals surface area (Å²) in [7, 11) is 1.72. The molecule has 116 valence electrons. The highest BCUT2D eigenvalue weighted by Crippen LogP contribution is 2.35. The highest BCUT2D eigenvalue weighted by Gasteiger charge is 2.24. The molecular weight excluding hydrogens is 262 g/mol. The van der Waals surface area contributed by atoms with Gasteiger partial charge in [-0.3, -0.25) is 0 Å². The molecule has 0 saturated heterocycles. The second-order valence-corrected chi connectivity index (χ2v) is 6.30. The zero-order valence-corrected chi connectivity index (χ0v) is 13.1. The number of ether oxygens (including phenoxy) is 2. The van der Waals surface area contributed by atoms with Crippen molar-refractivity contribution in [2.24, 2.45) is 0 Å². The maximum absolute atomic E-state index is 5.79. The number of fused-ring (bicyclic) bond motifs is 1. The molecule has 2 aliphatic rings. The van der Waals surface area contributed by atoms with Crippen molar-refractivity contribution in [1.29, 1.82) is 0 Å². The Morgan fingerprint density at radius 2 is 1.81 bits per heavy atom. The average Bonchev–Trinajstić information content (AvgIpc) is 2.49. The van der Waals surface area contributed by atoms with E-state index in [-0.39, 0.29) is 0 Å². The lowest BCUT2D eigenvalue weighted by Gasteiger charge is -2.31. The van der Waals surface area contributed by atoms with Crippen LogP contribution in [0.5, 0.6) is 11.5 Å². The van der Waals surface area contributed by atoms with Crippen LogP contribution in [-0.2, 0) is 0 Å². The fourth-order valence-corrected chi connectivity index (χ4v) is 3.58. The largest absolute Gasteiger partial charge is 0.497 e. The minimum absolute atomic E-state index is 0.410. The molecule has 3 nitrogen and oxygen atoms in total. The van der Waals surface area contributed by atoms with Crippen LogP contribution < -0.4 is 14.8 Å². The van der Waals surface area contributed by atoms with Crippen molar-refractivity contribution < 1.29 is 9.47 Å². The molecule has 1 aliphatic heterocycles. The van der Waals surface area contributed by atoms with Crippen LogP contribution in [-0.4, -0.2) is 19.8 Å². The minimum Gasteiger partial charge on any atom is -0.497 e. The first kappa shape index (κ1) is 14.7. The quantitative estimate of drug-likeness (QED) is 0.903. The minimum atomic E-state index is 0.410. The van der Waals surface area contributed by atoms with Gasteiger partial charge in [0.25, 0.3) is 0 Å². The Balaban J connectivity index is 1.71. The lowest BCUT2D eigenvalue weighted by atomic mass is 9.93. The number of nitrogens with one attached hydrogen (secondary N) is 1. The van der Waals surface area contributed by atoms with E-state index < -0.39 is 0 Å². The van der Waals surface area contributed by atoms with Crippen LogP contribution in [0.2, 0.25) is 0 Å². The van der Waals surface area contributed by atoms with Gasteiger partial charge >= 0.3 is 0 Å². The highest BCUT2D eigenvalue weighted by atomic mass is 16.5. The molecule has 1 fully saturated rings. The van der Waals surface area contributed by atoms with E-state index in [0.29, 0.717) is 12.1 Å². The number of hydrogen-bond acceptors (Lipinski definition) is 3. The fourth-order valence-electron chi connectivity index (χ4n) is 3.58. The SMILES string of the molecule is COc1ccc2c(c1)C(NC1CCCCCCC1)CCO2. The molecule has 0 radical (unpaired) electrons. The predicted octanol–water partition coefficient (Wildman–Crippen LogP) is 4.22. The summed E-state index contributed by atoms with van der Waals surface area (Å²) >= 11 is 0. The van der Waals surface area contributed by atoms with Crippen molar-refractivity contribution >= 4 is 0 Å². The van der Waals surface area contributed by atoms with Crippen molar-refractivity contribution in [3.8, 4) is 11.5 Å². The summed E-state index contributed by atoms with van der Waals surface area (Å²) in [6.07, 6.45) is 10.6. The first-order valence-electron chi connectivity index (χ1n) is 8.43. The van der Waals surface area contributed by atoms with Gasteiger partial charge in [-0.2, -0.15) is 0 Å². The maximum atomic E-state index is 5.79. The van der Waals surface area contributed by atoms with Gasteiger partial charge in [0.05, 0.1) is 13.7 Å². The number of hydrogen-bond donors (Lipinski definition) is 1. The van der Waals surface area contributed by atoms with Crippen LogP contribution in [0.15, 0.2) is 18.2 Å². The molecule has 1 heterocycles. The molecule has 1 N–H and O–H groups in total. The van der Waals surface area contributed by atoms with Crippen LogP contribution >= 0.6 is 0 Å². The van der Waals surface area contributed by atoms with E-state index in [1.807, 2.05) is 12.1 Å². The first-order valence-corrected chi connectivity index (χ1v) is 8.43. The van der Waals surface area contributed by atoms with E-state index >= 15 is 0 Å². The Labute approximate surface area is 128 Å². The second kappa shape index (κ2) is 7.17. The third-order valence-corrected chi connectivity index (χ3v) is 4.80. The van der Waals surface area contributed by atoms with Crippen molar-refractivity contribution in [1.82, 2.24) is 5.32 Å². The van der Waals surface area contributed by atoms with E-state index in [4.69, 9.17) is 9.47 Å². The summed E-state index contributed by atoms with van der Waals surface area (Å²) in [5, 5.41) is 3.90. The zero-order valence-electron chi connectivity index (χ0n) is 13.1. The fraction of sp³-hybridized carbons (Fsp3) is 0.667. The van der Waals surface area contributed by atoms with Gasteiger partial charge in [-0.25, -0.2) is 0 Å². The summed E-state index contributed by atoms with van der Waals surface area (Å²) in [5.74, 6) is 1.94. The molecule has 1 atom stereocenters. The lowest BCUT2D eigenvalue weighted by Crippen LogP contribution is -2.36. The molecule has 21 heavy (non-hydrogen) atoms. The van der Waals surface area contributed by atoms with Gasteiger partial charge in [0.2, 0.25) is 0 Å². The molecule has 1 saturated carbocycles. The lowest BCUT2D eigenvalue weighted by molar-refractivity contribution is 0.235. The van der Waals surface area contributed by atoms with Gasteiger partial charge < -0.3 is 14.8 Å².